The maximum atomic E-state index is 13.6. The summed E-state index contributed by atoms with van der Waals surface area (Å²) in [5, 5.41) is 3.42. The Morgan fingerprint density at radius 1 is 1.39 bits per heavy atom. The summed E-state index contributed by atoms with van der Waals surface area (Å²) in [6.07, 6.45) is 4.94. The van der Waals surface area contributed by atoms with Gasteiger partial charge in [0.05, 0.1) is 11.1 Å². The number of hydrogen-bond donors (Lipinski definition) is 1. The standard InChI is InChI=1S/C14H19ClFNO/c15-13-6-3-4-11(14(13)16)10-17-8-7-12-5-1-2-9-18-12/h3-4,6,12,17H,1-2,5,7-10H2. The van der Waals surface area contributed by atoms with Crippen LogP contribution in [0.4, 0.5) is 4.39 Å². The van der Waals surface area contributed by atoms with Gasteiger partial charge in [-0.3, -0.25) is 0 Å². The van der Waals surface area contributed by atoms with Gasteiger partial charge in [-0.05, 0) is 38.3 Å². The van der Waals surface area contributed by atoms with Crippen LogP contribution in [0.5, 0.6) is 0 Å². The summed E-state index contributed by atoms with van der Waals surface area (Å²) < 4.78 is 19.2. The van der Waals surface area contributed by atoms with Crippen molar-refractivity contribution in [3.63, 3.8) is 0 Å². The van der Waals surface area contributed by atoms with Crippen LogP contribution in [0, 0.1) is 5.82 Å². The van der Waals surface area contributed by atoms with Crippen molar-refractivity contribution in [2.75, 3.05) is 13.2 Å². The maximum Gasteiger partial charge on any atom is 0.146 e. The molecule has 1 N–H and O–H groups in total. The zero-order valence-electron chi connectivity index (χ0n) is 10.4. The van der Waals surface area contributed by atoms with E-state index in [1.165, 1.54) is 12.8 Å². The first kappa shape index (κ1) is 13.8. The van der Waals surface area contributed by atoms with E-state index >= 15 is 0 Å². The van der Waals surface area contributed by atoms with Crippen LogP contribution in [0.15, 0.2) is 18.2 Å². The fraction of sp³-hybridized carbons (Fsp3) is 0.571. The molecule has 0 aromatic heterocycles. The highest BCUT2D eigenvalue weighted by Crippen LogP contribution is 2.18. The minimum absolute atomic E-state index is 0.185. The summed E-state index contributed by atoms with van der Waals surface area (Å²) in [6.45, 7) is 2.24. The van der Waals surface area contributed by atoms with Crippen LogP contribution < -0.4 is 5.32 Å². The summed E-state index contributed by atoms with van der Waals surface area (Å²) in [5.41, 5.74) is 0.618. The molecule has 2 nitrogen and oxygen atoms in total. The van der Waals surface area contributed by atoms with Crippen molar-refractivity contribution in [2.45, 2.75) is 38.3 Å². The van der Waals surface area contributed by atoms with Crippen molar-refractivity contribution in [1.29, 1.82) is 0 Å². The lowest BCUT2D eigenvalue weighted by molar-refractivity contribution is 0.0115. The average Bonchev–Trinajstić information content (AvgIpc) is 2.40. The zero-order valence-corrected chi connectivity index (χ0v) is 11.2. The number of nitrogens with one attached hydrogen (secondary N) is 1. The molecule has 4 heteroatoms. The van der Waals surface area contributed by atoms with Crippen molar-refractivity contribution >= 4 is 11.6 Å². The van der Waals surface area contributed by atoms with Gasteiger partial charge in [-0.2, -0.15) is 0 Å². The molecule has 0 spiro atoms. The first-order valence-electron chi connectivity index (χ1n) is 6.52. The largest absolute Gasteiger partial charge is 0.378 e. The van der Waals surface area contributed by atoms with E-state index in [9.17, 15) is 4.39 Å². The molecular formula is C14H19ClFNO. The summed E-state index contributed by atoms with van der Waals surface area (Å²) in [6, 6.07) is 5.09. The molecule has 1 atom stereocenters. The van der Waals surface area contributed by atoms with Crippen molar-refractivity contribution in [2.24, 2.45) is 0 Å². The zero-order chi connectivity index (χ0) is 12.8. The molecule has 2 rings (SSSR count). The lowest BCUT2D eigenvalue weighted by atomic mass is 10.1. The van der Waals surface area contributed by atoms with Gasteiger partial charge >= 0.3 is 0 Å². The summed E-state index contributed by atoms with van der Waals surface area (Å²) in [4.78, 5) is 0. The quantitative estimate of drug-likeness (QED) is 0.828. The van der Waals surface area contributed by atoms with Crippen LogP contribution in [0.2, 0.25) is 5.02 Å². The molecule has 0 aliphatic carbocycles. The molecular weight excluding hydrogens is 253 g/mol. The van der Waals surface area contributed by atoms with Gasteiger partial charge in [-0.25, -0.2) is 4.39 Å². The van der Waals surface area contributed by atoms with Gasteiger partial charge in [0.25, 0.3) is 0 Å². The second kappa shape index (κ2) is 7.07. The highest BCUT2D eigenvalue weighted by molar-refractivity contribution is 6.30. The molecule has 0 saturated carbocycles. The van der Waals surface area contributed by atoms with Gasteiger partial charge in [0.1, 0.15) is 5.82 Å². The second-order valence-electron chi connectivity index (χ2n) is 4.67. The van der Waals surface area contributed by atoms with E-state index in [4.69, 9.17) is 16.3 Å². The third kappa shape index (κ3) is 3.94. The molecule has 18 heavy (non-hydrogen) atoms. The first-order valence-corrected chi connectivity index (χ1v) is 6.90. The molecule has 1 fully saturated rings. The van der Waals surface area contributed by atoms with Crippen LogP contribution in [-0.4, -0.2) is 19.3 Å². The Bertz CT molecular complexity index is 380. The maximum absolute atomic E-state index is 13.6. The third-order valence-corrected chi connectivity index (χ3v) is 3.56. The number of benzene rings is 1. The van der Waals surface area contributed by atoms with Crippen LogP contribution in [0.3, 0.4) is 0 Å². The van der Waals surface area contributed by atoms with Gasteiger partial charge in [-0.1, -0.05) is 23.7 Å². The summed E-state index contributed by atoms with van der Waals surface area (Å²) in [7, 11) is 0. The molecule has 1 aromatic rings. The Morgan fingerprint density at radius 3 is 3.06 bits per heavy atom. The number of ether oxygens (including phenoxy) is 1. The Hall–Kier alpha value is -0.640. The molecule has 1 aromatic carbocycles. The SMILES string of the molecule is Fc1c(Cl)cccc1CNCCC1CCCCO1. The molecule has 1 heterocycles. The van der Waals surface area contributed by atoms with Crippen molar-refractivity contribution < 1.29 is 9.13 Å². The Kier molecular flexibility index (Phi) is 5.42. The van der Waals surface area contributed by atoms with Gasteiger partial charge in [0.15, 0.2) is 0 Å². The molecule has 1 aliphatic rings. The number of hydrogen-bond acceptors (Lipinski definition) is 2. The van der Waals surface area contributed by atoms with E-state index in [0.717, 1.165) is 26.0 Å². The minimum Gasteiger partial charge on any atom is -0.378 e. The lowest BCUT2D eigenvalue weighted by Gasteiger charge is -2.22. The van der Waals surface area contributed by atoms with Crippen LogP contribution in [0.25, 0.3) is 0 Å². The topological polar surface area (TPSA) is 21.3 Å². The predicted octanol–water partition coefficient (Wildman–Crippen LogP) is 3.53. The molecule has 1 aliphatic heterocycles. The van der Waals surface area contributed by atoms with Gasteiger partial charge in [0.2, 0.25) is 0 Å². The monoisotopic (exact) mass is 271 g/mol. The van der Waals surface area contributed by atoms with Crippen LogP contribution in [0.1, 0.15) is 31.2 Å². The highest BCUT2D eigenvalue weighted by atomic mass is 35.5. The van der Waals surface area contributed by atoms with E-state index in [0.29, 0.717) is 18.2 Å². The van der Waals surface area contributed by atoms with Crippen LogP contribution >= 0.6 is 11.6 Å². The summed E-state index contributed by atoms with van der Waals surface area (Å²) in [5.74, 6) is -0.319. The Labute approximate surface area is 112 Å². The minimum atomic E-state index is -0.319. The lowest BCUT2D eigenvalue weighted by Crippen LogP contribution is -2.25. The molecule has 0 radical (unpaired) electrons. The molecule has 0 amide bonds. The average molecular weight is 272 g/mol. The van der Waals surface area contributed by atoms with Gasteiger partial charge in [-0.15, -0.1) is 0 Å². The van der Waals surface area contributed by atoms with E-state index in [1.807, 2.05) is 0 Å². The number of halogens is 2. The first-order chi connectivity index (χ1) is 8.77. The van der Waals surface area contributed by atoms with Crippen molar-refractivity contribution in [3.05, 3.63) is 34.6 Å². The molecule has 0 bridgehead atoms. The molecule has 100 valence electrons. The van der Waals surface area contributed by atoms with Gasteiger partial charge < -0.3 is 10.1 Å². The third-order valence-electron chi connectivity index (χ3n) is 3.26. The fourth-order valence-electron chi connectivity index (χ4n) is 2.21. The van der Waals surface area contributed by atoms with E-state index in [-0.39, 0.29) is 10.8 Å². The van der Waals surface area contributed by atoms with E-state index < -0.39 is 0 Å². The predicted molar refractivity (Wildman–Crippen MR) is 71.3 cm³/mol. The van der Waals surface area contributed by atoms with E-state index in [2.05, 4.69) is 5.32 Å². The van der Waals surface area contributed by atoms with Crippen molar-refractivity contribution in [3.8, 4) is 0 Å². The smallest absolute Gasteiger partial charge is 0.146 e. The van der Waals surface area contributed by atoms with E-state index in [1.54, 1.807) is 18.2 Å². The normalized spacial score (nSPS) is 20.0. The van der Waals surface area contributed by atoms with Gasteiger partial charge in [0, 0.05) is 18.7 Å². The Morgan fingerprint density at radius 2 is 2.28 bits per heavy atom. The Balaban J connectivity index is 1.70. The van der Waals surface area contributed by atoms with Crippen LogP contribution in [-0.2, 0) is 11.3 Å². The summed E-state index contributed by atoms with van der Waals surface area (Å²) >= 11 is 5.73. The second-order valence-corrected chi connectivity index (χ2v) is 5.07. The number of rotatable bonds is 5. The molecule has 1 unspecified atom stereocenters. The van der Waals surface area contributed by atoms with Crippen molar-refractivity contribution in [1.82, 2.24) is 5.32 Å². The molecule has 1 saturated heterocycles. The highest BCUT2D eigenvalue weighted by Gasteiger charge is 2.13. The fourth-order valence-corrected chi connectivity index (χ4v) is 2.40.